The van der Waals surface area contributed by atoms with Crippen molar-refractivity contribution in [2.24, 2.45) is 0 Å². The van der Waals surface area contributed by atoms with Gasteiger partial charge in [0, 0.05) is 25.2 Å². The van der Waals surface area contributed by atoms with Crippen LogP contribution in [0.25, 0.3) is 11.3 Å². The minimum atomic E-state index is -0.261. The molecule has 0 unspecified atom stereocenters. The molecule has 1 atom stereocenters. The van der Waals surface area contributed by atoms with Gasteiger partial charge in [-0.15, -0.1) is 0 Å². The number of nitrogens with zero attached hydrogens (tertiary/aromatic N) is 2. The maximum Gasteiger partial charge on any atom is 0.224 e. The fraction of sp³-hybridized carbons (Fsp3) is 0.304. The van der Waals surface area contributed by atoms with Crippen molar-refractivity contribution in [2.45, 2.75) is 25.3 Å². The summed E-state index contributed by atoms with van der Waals surface area (Å²) in [6.45, 7) is 1.60. The molecular weight excluding hydrogens is 383 g/mol. The molecule has 1 amide bonds. The summed E-state index contributed by atoms with van der Waals surface area (Å²) >= 11 is 0. The van der Waals surface area contributed by atoms with E-state index in [4.69, 9.17) is 4.74 Å². The molecule has 0 aliphatic carbocycles. The molecule has 2 aromatic carbocycles. The van der Waals surface area contributed by atoms with Gasteiger partial charge in [-0.2, -0.15) is 5.10 Å². The monoisotopic (exact) mass is 408 g/mol. The molecule has 0 bridgehead atoms. The first kappa shape index (κ1) is 19.9. The molecule has 1 aliphatic heterocycles. The van der Waals surface area contributed by atoms with Crippen LogP contribution < -0.4 is 15.0 Å². The Morgan fingerprint density at radius 3 is 2.73 bits per heavy atom. The number of ether oxygens (including phenoxy) is 1. The highest BCUT2D eigenvalue weighted by molar-refractivity contribution is 5.79. The van der Waals surface area contributed by atoms with Gasteiger partial charge in [-0.05, 0) is 60.4 Å². The fourth-order valence-electron chi connectivity index (χ4n) is 3.76. The van der Waals surface area contributed by atoms with Crippen LogP contribution in [0.5, 0.6) is 5.75 Å². The Kier molecular flexibility index (Phi) is 5.97. The van der Waals surface area contributed by atoms with Crippen molar-refractivity contribution in [3.05, 3.63) is 66.0 Å². The van der Waals surface area contributed by atoms with E-state index in [1.165, 1.54) is 12.1 Å². The molecular formula is C23H25FN4O2. The van der Waals surface area contributed by atoms with Crippen LogP contribution in [0.1, 0.15) is 18.4 Å². The topological polar surface area (TPSA) is 70.2 Å². The van der Waals surface area contributed by atoms with E-state index < -0.39 is 0 Å². The van der Waals surface area contributed by atoms with Crippen LogP contribution >= 0.6 is 0 Å². The third-order valence-electron chi connectivity index (χ3n) is 5.35. The second-order valence-corrected chi connectivity index (χ2v) is 7.52. The summed E-state index contributed by atoms with van der Waals surface area (Å²) in [6.07, 6.45) is 2.27. The molecule has 30 heavy (non-hydrogen) atoms. The predicted octanol–water partition coefficient (Wildman–Crippen LogP) is 3.55. The van der Waals surface area contributed by atoms with E-state index >= 15 is 0 Å². The minimum Gasteiger partial charge on any atom is -0.497 e. The van der Waals surface area contributed by atoms with Crippen molar-refractivity contribution in [3.63, 3.8) is 0 Å². The number of hydrogen-bond acceptors (Lipinski definition) is 4. The first-order valence-electron chi connectivity index (χ1n) is 10.1. The van der Waals surface area contributed by atoms with Gasteiger partial charge in [-0.3, -0.25) is 9.89 Å². The number of carbonyl (C=O) groups excluding carboxylic acids is 1. The van der Waals surface area contributed by atoms with Crippen molar-refractivity contribution in [1.82, 2.24) is 15.5 Å². The van der Waals surface area contributed by atoms with E-state index in [1.54, 1.807) is 19.2 Å². The lowest BCUT2D eigenvalue weighted by Crippen LogP contribution is -2.48. The summed E-state index contributed by atoms with van der Waals surface area (Å²) in [5, 5.41) is 10.6. The molecule has 1 aromatic heterocycles. The maximum atomic E-state index is 13.1. The summed E-state index contributed by atoms with van der Waals surface area (Å²) in [4.78, 5) is 14.7. The van der Waals surface area contributed by atoms with Crippen LogP contribution in [0.4, 0.5) is 10.2 Å². The number of anilines is 1. The van der Waals surface area contributed by atoms with Crippen LogP contribution in [-0.2, 0) is 11.2 Å². The zero-order valence-corrected chi connectivity index (χ0v) is 16.9. The van der Waals surface area contributed by atoms with Crippen LogP contribution in [0.15, 0.2) is 54.6 Å². The standard InChI is InChI=1S/C23H25FN4O2/c1-30-20-10-4-16(5-11-20)13-23(29)25-19-3-2-12-28(15-19)22-14-21(26-27-22)17-6-8-18(24)9-7-17/h4-11,14,19H,2-3,12-13,15H2,1H3,(H,25,29)(H,26,27)/t19-/m0/s1. The predicted molar refractivity (Wildman–Crippen MR) is 114 cm³/mol. The average Bonchev–Trinajstić information content (AvgIpc) is 3.25. The van der Waals surface area contributed by atoms with Crippen molar-refractivity contribution in [1.29, 1.82) is 0 Å². The summed E-state index contributed by atoms with van der Waals surface area (Å²) in [7, 11) is 1.62. The summed E-state index contributed by atoms with van der Waals surface area (Å²) in [6, 6.07) is 15.9. The van der Waals surface area contributed by atoms with E-state index in [0.29, 0.717) is 13.0 Å². The van der Waals surface area contributed by atoms with Crippen molar-refractivity contribution < 1.29 is 13.9 Å². The number of halogens is 1. The Bertz CT molecular complexity index is 985. The third-order valence-corrected chi connectivity index (χ3v) is 5.35. The minimum absolute atomic E-state index is 0.0149. The Balaban J connectivity index is 1.35. The van der Waals surface area contributed by atoms with Gasteiger partial charge in [0.15, 0.2) is 5.82 Å². The van der Waals surface area contributed by atoms with Gasteiger partial charge >= 0.3 is 0 Å². The quantitative estimate of drug-likeness (QED) is 0.654. The van der Waals surface area contributed by atoms with Gasteiger partial charge in [-0.1, -0.05) is 12.1 Å². The zero-order valence-electron chi connectivity index (χ0n) is 16.9. The van der Waals surface area contributed by atoms with Crippen molar-refractivity contribution >= 4 is 11.7 Å². The van der Waals surface area contributed by atoms with Gasteiger partial charge in [0.2, 0.25) is 5.91 Å². The number of aromatic amines is 1. The molecule has 1 fully saturated rings. The van der Waals surface area contributed by atoms with E-state index in [9.17, 15) is 9.18 Å². The number of benzene rings is 2. The molecule has 0 saturated carbocycles. The highest BCUT2D eigenvalue weighted by atomic mass is 19.1. The highest BCUT2D eigenvalue weighted by Crippen LogP contribution is 2.24. The van der Waals surface area contributed by atoms with Crippen LogP contribution in [-0.4, -0.2) is 42.3 Å². The average molecular weight is 408 g/mol. The molecule has 0 spiro atoms. The lowest BCUT2D eigenvalue weighted by molar-refractivity contribution is -0.121. The molecule has 0 radical (unpaired) electrons. The summed E-state index contributed by atoms with van der Waals surface area (Å²) in [5.41, 5.74) is 2.68. The second kappa shape index (κ2) is 8.98. The van der Waals surface area contributed by atoms with Crippen LogP contribution in [0, 0.1) is 5.82 Å². The number of hydrogen-bond donors (Lipinski definition) is 2. The third kappa shape index (κ3) is 4.79. The number of amides is 1. The van der Waals surface area contributed by atoms with Crippen molar-refractivity contribution in [2.75, 3.05) is 25.1 Å². The van der Waals surface area contributed by atoms with Gasteiger partial charge in [-0.25, -0.2) is 4.39 Å². The molecule has 1 aliphatic rings. The summed E-state index contributed by atoms with van der Waals surface area (Å²) in [5.74, 6) is 1.37. The molecule has 2 heterocycles. The van der Waals surface area contributed by atoms with E-state index in [0.717, 1.165) is 47.8 Å². The molecule has 6 nitrogen and oxygen atoms in total. The Labute approximate surface area is 175 Å². The lowest BCUT2D eigenvalue weighted by Gasteiger charge is -2.33. The Morgan fingerprint density at radius 1 is 1.23 bits per heavy atom. The molecule has 1 saturated heterocycles. The number of piperidine rings is 1. The number of rotatable bonds is 6. The Morgan fingerprint density at radius 2 is 2.00 bits per heavy atom. The number of carbonyl (C=O) groups is 1. The lowest BCUT2D eigenvalue weighted by atomic mass is 10.0. The number of aromatic nitrogens is 2. The SMILES string of the molecule is COc1ccc(CC(=O)N[C@H]2CCCN(c3cc(-c4ccc(F)cc4)[nH]n3)C2)cc1. The molecule has 7 heteroatoms. The highest BCUT2D eigenvalue weighted by Gasteiger charge is 2.23. The molecule has 2 N–H and O–H groups in total. The van der Waals surface area contributed by atoms with Crippen LogP contribution in [0.2, 0.25) is 0 Å². The van der Waals surface area contributed by atoms with Gasteiger partial charge in [0.05, 0.1) is 19.2 Å². The second-order valence-electron chi connectivity index (χ2n) is 7.52. The maximum absolute atomic E-state index is 13.1. The number of H-pyrrole nitrogens is 1. The Hall–Kier alpha value is -3.35. The van der Waals surface area contributed by atoms with E-state index in [2.05, 4.69) is 20.4 Å². The van der Waals surface area contributed by atoms with Crippen molar-refractivity contribution in [3.8, 4) is 17.0 Å². The largest absolute Gasteiger partial charge is 0.497 e. The first-order chi connectivity index (χ1) is 14.6. The first-order valence-corrected chi connectivity index (χ1v) is 10.1. The molecule has 3 aromatic rings. The van der Waals surface area contributed by atoms with Gasteiger partial charge in [0.1, 0.15) is 11.6 Å². The number of nitrogens with one attached hydrogen (secondary N) is 2. The smallest absolute Gasteiger partial charge is 0.224 e. The van der Waals surface area contributed by atoms with E-state index in [-0.39, 0.29) is 17.8 Å². The number of methoxy groups -OCH3 is 1. The van der Waals surface area contributed by atoms with Gasteiger partial charge in [0.25, 0.3) is 0 Å². The van der Waals surface area contributed by atoms with Gasteiger partial charge < -0.3 is 15.0 Å². The van der Waals surface area contributed by atoms with Crippen LogP contribution in [0.3, 0.4) is 0 Å². The molecule has 156 valence electrons. The fourth-order valence-corrected chi connectivity index (χ4v) is 3.76. The van der Waals surface area contributed by atoms with E-state index in [1.807, 2.05) is 30.3 Å². The summed E-state index contributed by atoms with van der Waals surface area (Å²) < 4.78 is 18.3. The molecule has 4 rings (SSSR count). The zero-order chi connectivity index (χ0) is 20.9. The normalized spacial score (nSPS) is 16.3.